The molecule has 1 aliphatic heterocycles. The molecule has 0 aliphatic carbocycles. The Kier molecular flexibility index (Phi) is 2.00. The molecule has 2 rings (SSSR count). The molecule has 0 fully saturated rings. The standard InChI is InChI=1S/C9H11NO2S/c1-10-4-3-6-5-7(9(11)12-2)13-8(6)10/h5H,3-4H2,1-2H3. The number of thiophene rings is 1. The summed E-state index contributed by atoms with van der Waals surface area (Å²) < 4.78 is 4.66. The molecule has 3 nitrogen and oxygen atoms in total. The number of esters is 1. The summed E-state index contributed by atoms with van der Waals surface area (Å²) in [6, 6.07) is 1.94. The van der Waals surface area contributed by atoms with Crippen molar-refractivity contribution in [1.82, 2.24) is 0 Å². The van der Waals surface area contributed by atoms with Crippen LogP contribution in [0.1, 0.15) is 15.2 Å². The van der Waals surface area contributed by atoms with Crippen molar-refractivity contribution >= 4 is 22.3 Å². The molecule has 0 aromatic carbocycles. The van der Waals surface area contributed by atoms with Gasteiger partial charge in [-0.25, -0.2) is 4.79 Å². The van der Waals surface area contributed by atoms with Crippen LogP contribution in [0.15, 0.2) is 6.07 Å². The molecule has 0 spiro atoms. The van der Waals surface area contributed by atoms with Gasteiger partial charge in [-0.2, -0.15) is 0 Å². The van der Waals surface area contributed by atoms with Crippen molar-refractivity contribution in [2.75, 3.05) is 25.6 Å². The quantitative estimate of drug-likeness (QED) is 0.639. The summed E-state index contributed by atoms with van der Waals surface area (Å²) in [5.41, 5.74) is 1.27. The Bertz CT molecular complexity index is 345. The van der Waals surface area contributed by atoms with Crippen LogP contribution in [0.4, 0.5) is 5.00 Å². The summed E-state index contributed by atoms with van der Waals surface area (Å²) in [5, 5.41) is 1.21. The van der Waals surface area contributed by atoms with Crippen LogP contribution in [0.3, 0.4) is 0 Å². The minimum atomic E-state index is -0.229. The lowest BCUT2D eigenvalue weighted by Crippen LogP contribution is -2.11. The maximum absolute atomic E-state index is 11.2. The van der Waals surface area contributed by atoms with Gasteiger partial charge in [0.25, 0.3) is 0 Å². The summed E-state index contributed by atoms with van der Waals surface area (Å²) in [7, 11) is 3.46. The second-order valence-electron chi connectivity index (χ2n) is 3.10. The van der Waals surface area contributed by atoms with E-state index in [4.69, 9.17) is 0 Å². The van der Waals surface area contributed by atoms with Crippen LogP contribution in [-0.2, 0) is 11.2 Å². The molecule has 0 atom stereocenters. The fraction of sp³-hybridized carbons (Fsp3) is 0.444. The number of carbonyl (C=O) groups excluding carboxylic acids is 1. The third kappa shape index (κ3) is 1.31. The molecule has 0 saturated heterocycles. The van der Waals surface area contributed by atoms with Gasteiger partial charge in [0, 0.05) is 13.6 Å². The first kappa shape index (κ1) is 8.56. The molecule has 0 unspecified atom stereocenters. The normalized spacial score (nSPS) is 14.5. The first-order valence-corrected chi connectivity index (χ1v) is 4.96. The highest BCUT2D eigenvalue weighted by atomic mass is 32.1. The zero-order valence-electron chi connectivity index (χ0n) is 7.66. The molecule has 0 saturated carbocycles. The molecule has 2 heterocycles. The fourth-order valence-electron chi connectivity index (χ4n) is 1.51. The summed E-state index contributed by atoms with van der Waals surface area (Å²) >= 11 is 1.51. The monoisotopic (exact) mass is 197 g/mol. The van der Waals surface area contributed by atoms with Gasteiger partial charge in [-0.15, -0.1) is 11.3 Å². The van der Waals surface area contributed by atoms with E-state index < -0.39 is 0 Å². The topological polar surface area (TPSA) is 29.5 Å². The number of fused-ring (bicyclic) bond motifs is 1. The highest BCUT2D eigenvalue weighted by Crippen LogP contribution is 2.35. The van der Waals surface area contributed by atoms with Gasteiger partial charge in [0.15, 0.2) is 0 Å². The van der Waals surface area contributed by atoms with Crippen LogP contribution in [0, 0.1) is 0 Å². The molecule has 0 radical (unpaired) electrons. The number of hydrogen-bond donors (Lipinski definition) is 0. The summed E-state index contributed by atoms with van der Waals surface area (Å²) in [4.78, 5) is 14.1. The molecular weight excluding hydrogens is 186 g/mol. The Morgan fingerprint density at radius 2 is 2.46 bits per heavy atom. The van der Waals surface area contributed by atoms with Gasteiger partial charge in [-0.3, -0.25) is 0 Å². The van der Waals surface area contributed by atoms with Gasteiger partial charge in [0.05, 0.1) is 12.1 Å². The molecule has 70 valence electrons. The van der Waals surface area contributed by atoms with Crippen LogP contribution < -0.4 is 4.90 Å². The van der Waals surface area contributed by atoms with Crippen molar-refractivity contribution in [2.45, 2.75) is 6.42 Å². The van der Waals surface area contributed by atoms with E-state index in [9.17, 15) is 4.79 Å². The second-order valence-corrected chi connectivity index (χ2v) is 4.13. The van der Waals surface area contributed by atoms with Crippen LogP contribution in [-0.4, -0.2) is 26.7 Å². The average molecular weight is 197 g/mol. The largest absolute Gasteiger partial charge is 0.465 e. The van der Waals surface area contributed by atoms with Gasteiger partial charge >= 0.3 is 5.97 Å². The number of hydrogen-bond acceptors (Lipinski definition) is 4. The van der Waals surface area contributed by atoms with Crippen molar-refractivity contribution in [2.24, 2.45) is 0 Å². The molecule has 0 bridgehead atoms. The molecule has 13 heavy (non-hydrogen) atoms. The molecule has 0 amide bonds. The maximum atomic E-state index is 11.2. The lowest BCUT2D eigenvalue weighted by Gasteiger charge is -2.07. The van der Waals surface area contributed by atoms with Crippen LogP contribution >= 0.6 is 11.3 Å². The van der Waals surface area contributed by atoms with Gasteiger partial charge in [0.1, 0.15) is 4.88 Å². The van der Waals surface area contributed by atoms with Gasteiger partial charge in [-0.1, -0.05) is 0 Å². The molecule has 1 aromatic heterocycles. The van der Waals surface area contributed by atoms with E-state index in [1.54, 1.807) is 0 Å². The highest BCUT2D eigenvalue weighted by Gasteiger charge is 2.21. The van der Waals surface area contributed by atoms with Gasteiger partial charge < -0.3 is 9.64 Å². The van der Waals surface area contributed by atoms with E-state index in [0.717, 1.165) is 13.0 Å². The van der Waals surface area contributed by atoms with E-state index in [0.29, 0.717) is 4.88 Å². The zero-order chi connectivity index (χ0) is 9.42. The molecule has 1 aliphatic rings. The first-order valence-electron chi connectivity index (χ1n) is 4.14. The number of nitrogens with zero attached hydrogens (tertiary/aromatic N) is 1. The first-order chi connectivity index (χ1) is 6.22. The number of likely N-dealkylation sites (N-methyl/N-ethyl adjacent to an activating group) is 1. The minimum absolute atomic E-state index is 0.229. The molecule has 0 N–H and O–H groups in total. The number of anilines is 1. The van der Waals surface area contributed by atoms with E-state index in [1.165, 1.54) is 29.0 Å². The van der Waals surface area contributed by atoms with E-state index in [1.807, 2.05) is 13.1 Å². The van der Waals surface area contributed by atoms with Crippen LogP contribution in [0.25, 0.3) is 0 Å². The Balaban J connectivity index is 2.34. The maximum Gasteiger partial charge on any atom is 0.348 e. The summed E-state index contributed by atoms with van der Waals surface area (Å²) in [6.45, 7) is 1.06. The van der Waals surface area contributed by atoms with Crippen molar-refractivity contribution in [3.63, 3.8) is 0 Å². The van der Waals surface area contributed by atoms with E-state index in [2.05, 4.69) is 9.64 Å². The van der Waals surface area contributed by atoms with E-state index >= 15 is 0 Å². The van der Waals surface area contributed by atoms with Crippen LogP contribution in [0.2, 0.25) is 0 Å². The lowest BCUT2D eigenvalue weighted by atomic mass is 10.2. The van der Waals surface area contributed by atoms with Crippen LogP contribution in [0.5, 0.6) is 0 Å². The summed E-state index contributed by atoms with van der Waals surface area (Å²) in [6.07, 6.45) is 1.04. The Morgan fingerprint density at radius 3 is 3.08 bits per heavy atom. The third-order valence-corrected chi connectivity index (χ3v) is 3.51. The van der Waals surface area contributed by atoms with E-state index in [-0.39, 0.29) is 5.97 Å². The summed E-state index contributed by atoms with van der Waals surface area (Å²) in [5.74, 6) is -0.229. The number of methoxy groups -OCH3 is 1. The Morgan fingerprint density at radius 1 is 1.69 bits per heavy atom. The number of ether oxygens (including phenoxy) is 1. The Labute approximate surface area is 80.9 Å². The number of carbonyl (C=O) groups is 1. The predicted molar refractivity (Wildman–Crippen MR) is 52.6 cm³/mol. The highest BCUT2D eigenvalue weighted by molar-refractivity contribution is 7.18. The second kappa shape index (κ2) is 3.03. The lowest BCUT2D eigenvalue weighted by molar-refractivity contribution is 0.0606. The van der Waals surface area contributed by atoms with Crippen molar-refractivity contribution in [3.8, 4) is 0 Å². The SMILES string of the molecule is COC(=O)c1cc2c(s1)N(C)CC2. The number of rotatable bonds is 1. The average Bonchev–Trinajstić information content (AvgIpc) is 2.67. The van der Waals surface area contributed by atoms with Gasteiger partial charge in [-0.05, 0) is 18.1 Å². The molecular formula is C9H11NO2S. The zero-order valence-corrected chi connectivity index (χ0v) is 8.48. The third-order valence-electron chi connectivity index (χ3n) is 2.24. The molecule has 4 heteroatoms. The van der Waals surface area contributed by atoms with Gasteiger partial charge in [0.2, 0.25) is 0 Å². The van der Waals surface area contributed by atoms with Crippen molar-refractivity contribution < 1.29 is 9.53 Å². The van der Waals surface area contributed by atoms with Crippen molar-refractivity contribution in [3.05, 3.63) is 16.5 Å². The smallest absolute Gasteiger partial charge is 0.348 e. The Hall–Kier alpha value is -1.03. The predicted octanol–water partition coefficient (Wildman–Crippen LogP) is 1.53. The minimum Gasteiger partial charge on any atom is -0.465 e. The fourth-order valence-corrected chi connectivity index (χ4v) is 2.63. The van der Waals surface area contributed by atoms with Crippen molar-refractivity contribution in [1.29, 1.82) is 0 Å². The molecule has 1 aromatic rings.